The molecule has 0 aromatic carbocycles. The lowest BCUT2D eigenvalue weighted by atomic mass is 10.4. The Hall–Kier alpha value is -0.746. The number of rotatable bonds is 3. The highest BCUT2D eigenvalue weighted by Gasteiger charge is 2.41. The molecule has 23 heavy (non-hydrogen) atoms. The second-order valence-corrected chi connectivity index (χ2v) is 19.7. The van der Waals surface area contributed by atoms with Crippen LogP contribution in [0.4, 0.5) is 0 Å². The van der Waals surface area contributed by atoms with Crippen LogP contribution in [0.2, 0.25) is 36.3 Å². The van der Waals surface area contributed by atoms with E-state index in [9.17, 15) is 0 Å². The van der Waals surface area contributed by atoms with Gasteiger partial charge in [-0.3, -0.25) is 0 Å². The van der Waals surface area contributed by atoms with Crippen molar-refractivity contribution in [3.05, 3.63) is 21.9 Å². The first-order chi connectivity index (χ1) is 10.5. The third-order valence-electron chi connectivity index (χ3n) is 4.43. The topological polar surface area (TPSA) is 0 Å². The average Bonchev–Trinajstić information content (AvgIpc) is 2.83. The van der Waals surface area contributed by atoms with Crippen LogP contribution < -0.4 is 0 Å². The fourth-order valence-corrected chi connectivity index (χ4v) is 9.95. The van der Waals surface area contributed by atoms with Crippen LogP contribution in [0, 0.1) is 22.9 Å². The Morgan fingerprint density at radius 1 is 0.739 bits per heavy atom. The van der Waals surface area contributed by atoms with E-state index in [1.165, 1.54) is 4.88 Å². The molecule has 0 saturated carbocycles. The van der Waals surface area contributed by atoms with Gasteiger partial charge in [0.25, 0.3) is 0 Å². The van der Waals surface area contributed by atoms with E-state index in [1.54, 1.807) is 11.3 Å². The molecule has 126 valence electrons. The summed E-state index contributed by atoms with van der Waals surface area (Å²) in [7, 11) is -2.94. The van der Waals surface area contributed by atoms with E-state index in [2.05, 4.69) is 96.2 Å². The zero-order valence-corrected chi connectivity index (χ0v) is 19.1. The van der Waals surface area contributed by atoms with Crippen molar-refractivity contribution in [3.8, 4) is 22.9 Å². The first kappa shape index (κ1) is 20.3. The molecule has 1 heterocycles. The normalized spacial score (nSPS) is 12.2. The lowest BCUT2D eigenvalue weighted by Gasteiger charge is -2.38. The second kappa shape index (κ2) is 7.88. The summed E-state index contributed by atoms with van der Waals surface area (Å²) < 4.78 is 0. The van der Waals surface area contributed by atoms with Gasteiger partial charge in [-0.05, 0) is 28.8 Å². The highest BCUT2D eigenvalue weighted by molar-refractivity contribution is 7.13. The SMILES string of the molecule is CC(C)[Si](C#Cc1ccc(C#C[Si](C)(C)C)s1)(C(C)C)C(C)C. The second-order valence-electron chi connectivity index (χ2n) is 8.31. The third-order valence-corrected chi connectivity index (χ3v) is 12.5. The van der Waals surface area contributed by atoms with Crippen molar-refractivity contribution >= 4 is 27.5 Å². The van der Waals surface area contributed by atoms with Gasteiger partial charge in [0.15, 0.2) is 0 Å². The van der Waals surface area contributed by atoms with Crippen molar-refractivity contribution in [1.29, 1.82) is 0 Å². The summed E-state index contributed by atoms with van der Waals surface area (Å²) in [6.07, 6.45) is 0. The molecule has 0 aliphatic heterocycles. The van der Waals surface area contributed by atoms with Crippen LogP contribution in [0.3, 0.4) is 0 Å². The molecule has 0 bridgehead atoms. The maximum absolute atomic E-state index is 3.79. The fourth-order valence-electron chi connectivity index (χ4n) is 3.32. The minimum Gasteiger partial charge on any atom is -0.126 e. The lowest BCUT2D eigenvalue weighted by molar-refractivity contribution is 0.838. The smallest absolute Gasteiger partial charge is 0.126 e. The van der Waals surface area contributed by atoms with Crippen LogP contribution >= 0.6 is 11.3 Å². The Balaban J connectivity index is 3.14. The van der Waals surface area contributed by atoms with Crippen LogP contribution in [-0.4, -0.2) is 16.1 Å². The number of hydrogen-bond acceptors (Lipinski definition) is 1. The standard InChI is InChI=1S/C20H32SSi2/c1-16(2)23(17(3)4,18(5)6)15-13-20-11-10-19(21-20)12-14-22(7,8)9/h10-11,16-18H,1-9H3. The molecule has 0 saturated heterocycles. The zero-order chi connectivity index (χ0) is 17.8. The predicted octanol–water partition coefficient (Wildman–Crippen LogP) is 6.55. The molecular formula is C20H32SSi2. The molecule has 0 fully saturated rings. The molecule has 3 heteroatoms. The van der Waals surface area contributed by atoms with Gasteiger partial charge < -0.3 is 0 Å². The Morgan fingerprint density at radius 2 is 1.13 bits per heavy atom. The molecule has 0 spiro atoms. The Labute approximate surface area is 150 Å². The highest BCUT2D eigenvalue weighted by atomic mass is 32.1. The van der Waals surface area contributed by atoms with E-state index in [0.29, 0.717) is 16.6 Å². The monoisotopic (exact) mass is 360 g/mol. The molecule has 1 rings (SSSR count). The van der Waals surface area contributed by atoms with E-state index >= 15 is 0 Å². The molecule has 0 atom stereocenters. The van der Waals surface area contributed by atoms with Crippen molar-refractivity contribution in [3.63, 3.8) is 0 Å². The predicted molar refractivity (Wildman–Crippen MR) is 112 cm³/mol. The van der Waals surface area contributed by atoms with Crippen LogP contribution in [0.1, 0.15) is 51.3 Å². The summed E-state index contributed by atoms with van der Waals surface area (Å²) in [6, 6.07) is 4.28. The molecule has 0 aliphatic rings. The quantitative estimate of drug-likeness (QED) is 0.423. The van der Waals surface area contributed by atoms with Crippen molar-refractivity contribution in [2.24, 2.45) is 0 Å². The molecule has 0 aliphatic carbocycles. The van der Waals surface area contributed by atoms with Gasteiger partial charge in [-0.15, -0.1) is 22.4 Å². The largest absolute Gasteiger partial charge is 0.146 e. The third kappa shape index (κ3) is 5.38. The van der Waals surface area contributed by atoms with E-state index in [1.807, 2.05) is 0 Å². The summed E-state index contributed by atoms with van der Waals surface area (Å²) in [5.41, 5.74) is 9.28. The number of hydrogen-bond donors (Lipinski definition) is 0. The lowest BCUT2D eigenvalue weighted by Crippen LogP contribution is -2.43. The minimum atomic E-state index is -1.63. The maximum atomic E-state index is 3.79. The van der Waals surface area contributed by atoms with E-state index in [-0.39, 0.29) is 0 Å². The number of thiophene rings is 1. The summed E-state index contributed by atoms with van der Waals surface area (Å²) in [5, 5.41) is 0. The summed E-state index contributed by atoms with van der Waals surface area (Å²) >= 11 is 1.75. The molecule has 1 aromatic heterocycles. The Bertz CT molecular complexity index is 615. The van der Waals surface area contributed by atoms with Gasteiger partial charge >= 0.3 is 0 Å². The van der Waals surface area contributed by atoms with Crippen LogP contribution in [0.5, 0.6) is 0 Å². The van der Waals surface area contributed by atoms with Crippen LogP contribution in [0.15, 0.2) is 12.1 Å². The Morgan fingerprint density at radius 3 is 1.48 bits per heavy atom. The van der Waals surface area contributed by atoms with Crippen molar-refractivity contribution in [2.75, 3.05) is 0 Å². The van der Waals surface area contributed by atoms with Gasteiger partial charge in [0.05, 0.1) is 9.75 Å². The molecule has 0 N–H and O–H groups in total. The van der Waals surface area contributed by atoms with Gasteiger partial charge in [0.2, 0.25) is 0 Å². The minimum absolute atomic E-state index is 0.682. The zero-order valence-electron chi connectivity index (χ0n) is 16.3. The van der Waals surface area contributed by atoms with Crippen LogP contribution in [0.25, 0.3) is 0 Å². The van der Waals surface area contributed by atoms with Gasteiger partial charge in [0, 0.05) is 0 Å². The maximum Gasteiger partial charge on any atom is 0.146 e. The molecular weight excluding hydrogens is 328 g/mol. The van der Waals surface area contributed by atoms with Crippen molar-refractivity contribution < 1.29 is 0 Å². The molecule has 0 unspecified atom stereocenters. The molecule has 0 radical (unpaired) electrons. The molecule has 1 aromatic rings. The first-order valence-corrected chi connectivity index (χ1v) is 15.2. The van der Waals surface area contributed by atoms with Crippen molar-refractivity contribution in [2.45, 2.75) is 77.8 Å². The van der Waals surface area contributed by atoms with E-state index in [0.717, 1.165) is 4.88 Å². The summed E-state index contributed by atoms with van der Waals surface area (Å²) in [4.78, 5) is 2.33. The highest BCUT2D eigenvalue weighted by Crippen LogP contribution is 2.40. The fraction of sp³-hybridized carbons (Fsp3) is 0.600. The van der Waals surface area contributed by atoms with Gasteiger partial charge in [0.1, 0.15) is 16.1 Å². The Kier molecular flexibility index (Phi) is 6.96. The van der Waals surface area contributed by atoms with Gasteiger partial charge in [-0.1, -0.05) is 73.0 Å². The molecule has 0 nitrogen and oxygen atoms in total. The van der Waals surface area contributed by atoms with Gasteiger partial charge in [-0.2, -0.15) is 0 Å². The van der Waals surface area contributed by atoms with E-state index in [4.69, 9.17) is 0 Å². The van der Waals surface area contributed by atoms with E-state index < -0.39 is 16.1 Å². The van der Waals surface area contributed by atoms with Crippen LogP contribution in [-0.2, 0) is 0 Å². The first-order valence-electron chi connectivity index (χ1n) is 8.65. The van der Waals surface area contributed by atoms with Gasteiger partial charge in [-0.25, -0.2) is 0 Å². The summed E-state index contributed by atoms with van der Waals surface area (Å²) in [5.74, 6) is 6.87. The van der Waals surface area contributed by atoms with Crippen molar-refractivity contribution in [1.82, 2.24) is 0 Å². The average molecular weight is 361 g/mol. The molecule has 0 amide bonds. The summed E-state index contributed by atoms with van der Waals surface area (Å²) in [6.45, 7) is 21.0.